The van der Waals surface area contributed by atoms with Gasteiger partial charge < -0.3 is 5.32 Å². The molecule has 2 aromatic carbocycles. The predicted octanol–water partition coefficient (Wildman–Crippen LogP) is 4.08. The first-order valence-electron chi connectivity index (χ1n) is 8.83. The van der Waals surface area contributed by atoms with Gasteiger partial charge in [0.1, 0.15) is 5.25 Å². The number of benzene rings is 2. The van der Waals surface area contributed by atoms with Crippen molar-refractivity contribution in [1.29, 1.82) is 0 Å². The van der Waals surface area contributed by atoms with Crippen LogP contribution in [-0.2, 0) is 11.2 Å². The second kappa shape index (κ2) is 7.38. The van der Waals surface area contributed by atoms with E-state index in [1.54, 1.807) is 18.0 Å². The van der Waals surface area contributed by atoms with Crippen molar-refractivity contribution in [1.82, 2.24) is 15.1 Å². The van der Waals surface area contributed by atoms with E-state index in [0.717, 1.165) is 29.0 Å². The number of hydrogen-bond acceptors (Lipinski definition) is 3. The Kier molecular flexibility index (Phi) is 4.80. The number of aryl methyl sites for hydroxylation is 1. The minimum Gasteiger partial charge on any atom is -0.348 e. The molecule has 1 N–H and O–H groups in total. The van der Waals surface area contributed by atoms with Gasteiger partial charge in [-0.2, -0.15) is 5.10 Å². The summed E-state index contributed by atoms with van der Waals surface area (Å²) >= 11 is 1.72. The summed E-state index contributed by atoms with van der Waals surface area (Å²) in [5.74, 6) is 1.05. The molecule has 5 heteroatoms. The Morgan fingerprint density at radius 2 is 2.00 bits per heavy atom. The smallest absolute Gasteiger partial charge is 0.238 e. The highest BCUT2D eigenvalue weighted by atomic mass is 32.2. The fourth-order valence-electron chi connectivity index (χ4n) is 3.45. The zero-order valence-corrected chi connectivity index (χ0v) is 15.4. The maximum Gasteiger partial charge on any atom is 0.238 e. The number of para-hydroxylation sites is 1. The molecule has 0 radical (unpaired) electrons. The van der Waals surface area contributed by atoms with Gasteiger partial charge in [0, 0.05) is 12.4 Å². The summed E-state index contributed by atoms with van der Waals surface area (Å²) in [7, 11) is 0. The summed E-state index contributed by atoms with van der Waals surface area (Å²) in [6.45, 7) is 2.03. The van der Waals surface area contributed by atoms with Crippen LogP contribution in [0, 0.1) is 0 Å². The van der Waals surface area contributed by atoms with Gasteiger partial charge in [-0.15, -0.1) is 11.8 Å². The minimum atomic E-state index is -0.140. The second-order valence-corrected chi connectivity index (χ2v) is 7.65. The highest BCUT2D eigenvalue weighted by Gasteiger charge is 2.28. The number of amides is 1. The Balaban J connectivity index is 1.57. The maximum absolute atomic E-state index is 13.0. The third-order valence-corrected chi connectivity index (χ3v) is 5.99. The molecule has 26 heavy (non-hydrogen) atoms. The molecule has 2 atom stereocenters. The zero-order chi connectivity index (χ0) is 17.9. The number of nitrogens with one attached hydrogen (secondary N) is 1. The number of aromatic nitrogens is 2. The van der Waals surface area contributed by atoms with Crippen LogP contribution in [-0.4, -0.2) is 21.4 Å². The first-order valence-corrected chi connectivity index (χ1v) is 9.87. The number of carbonyl (C=O) groups excluding carboxylic acids is 1. The molecule has 0 bridgehead atoms. The molecule has 3 aromatic rings. The molecule has 1 aromatic heterocycles. The summed E-state index contributed by atoms with van der Waals surface area (Å²) in [4.78, 5) is 13.0. The quantitative estimate of drug-likeness (QED) is 0.760. The van der Waals surface area contributed by atoms with Gasteiger partial charge >= 0.3 is 0 Å². The number of nitrogens with zero attached hydrogens (tertiary/aromatic N) is 2. The Morgan fingerprint density at radius 3 is 2.85 bits per heavy atom. The lowest BCUT2D eigenvalue weighted by Crippen LogP contribution is -2.32. The third kappa shape index (κ3) is 3.27. The fraction of sp³-hybridized carbons (Fsp3) is 0.238. The molecular formula is C21H21N3OS. The van der Waals surface area contributed by atoms with E-state index < -0.39 is 0 Å². The summed E-state index contributed by atoms with van der Waals surface area (Å²) in [5.41, 5.74) is 4.48. The van der Waals surface area contributed by atoms with Crippen molar-refractivity contribution in [2.45, 2.75) is 24.6 Å². The number of rotatable bonds is 4. The van der Waals surface area contributed by atoms with E-state index in [1.165, 1.54) is 5.56 Å². The van der Waals surface area contributed by atoms with Crippen LogP contribution < -0.4 is 5.32 Å². The van der Waals surface area contributed by atoms with Crippen LogP contribution in [0.3, 0.4) is 0 Å². The number of carbonyl (C=O) groups is 1. The van der Waals surface area contributed by atoms with E-state index in [4.69, 9.17) is 0 Å². The van der Waals surface area contributed by atoms with Gasteiger partial charge in [0.15, 0.2) is 0 Å². The van der Waals surface area contributed by atoms with Crippen molar-refractivity contribution in [3.05, 3.63) is 83.7 Å². The summed E-state index contributed by atoms with van der Waals surface area (Å²) in [6, 6.07) is 18.1. The van der Waals surface area contributed by atoms with Gasteiger partial charge in [-0.25, -0.2) is 4.68 Å². The average molecular weight is 363 g/mol. The predicted molar refractivity (Wildman–Crippen MR) is 105 cm³/mol. The number of hydrogen-bond donors (Lipinski definition) is 1. The molecule has 1 amide bonds. The van der Waals surface area contributed by atoms with Crippen LogP contribution in [0.25, 0.3) is 5.69 Å². The Hall–Kier alpha value is -2.53. The molecule has 1 aliphatic rings. The van der Waals surface area contributed by atoms with Crippen LogP contribution in [0.1, 0.15) is 34.9 Å². The van der Waals surface area contributed by atoms with Crippen molar-refractivity contribution in [2.75, 3.05) is 5.75 Å². The highest BCUT2D eigenvalue weighted by Crippen LogP contribution is 2.37. The normalized spacial score (nSPS) is 17.3. The van der Waals surface area contributed by atoms with Gasteiger partial charge in [-0.1, -0.05) is 42.5 Å². The lowest BCUT2D eigenvalue weighted by molar-refractivity contribution is -0.121. The molecule has 4 nitrogen and oxygen atoms in total. The molecular weight excluding hydrogens is 342 g/mol. The fourth-order valence-corrected chi connectivity index (χ4v) is 4.65. The maximum atomic E-state index is 13.0. The van der Waals surface area contributed by atoms with E-state index in [0.29, 0.717) is 0 Å². The molecule has 0 saturated carbocycles. The lowest BCUT2D eigenvalue weighted by atomic mass is 10.0. The summed E-state index contributed by atoms with van der Waals surface area (Å²) < 4.78 is 1.84. The van der Waals surface area contributed by atoms with Crippen LogP contribution in [0.4, 0.5) is 0 Å². The van der Waals surface area contributed by atoms with E-state index in [-0.39, 0.29) is 17.2 Å². The molecule has 0 unspecified atom stereocenters. The van der Waals surface area contributed by atoms with Gasteiger partial charge in [0.05, 0.1) is 11.7 Å². The average Bonchev–Trinajstić information content (AvgIpc) is 3.22. The Bertz CT molecular complexity index is 907. The molecule has 4 rings (SSSR count). The standard InChI is InChI=1S/C21H21N3OS/c1-15(17-8-4-5-10-19(17)24-13-6-12-22-24)23-21(25)20-18-9-3-2-7-16(18)11-14-26-20/h2-10,12-13,15,20H,11,14H2,1H3,(H,23,25)/t15-,20-/m0/s1. The SMILES string of the molecule is C[C@H](NC(=O)[C@H]1SCCc2ccccc21)c1ccccc1-n1cccn1. The van der Waals surface area contributed by atoms with Gasteiger partial charge in [0.25, 0.3) is 0 Å². The zero-order valence-electron chi connectivity index (χ0n) is 14.6. The number of fused-ring (bicyclic) bond motifs is 1. The molecule has 0 spiro atoms. The van der Waals surface area contributed by atoms with Crippen molar-refractivity contribution in [3.63, 3.8) is 0 Å². The monoisotopic (exact) mass is 363 g/mol. The van der Waals surface area contributed by atoms with Crippen LogP contribution in [0.5, 0.6) is 0 Å². The van der Waals surface area contributed by atoms with E-state index in [2.05, 4.69) is 22.5 Å². The third-order valence-electron chi connectivity index (χ3n) is 4.74. The lowest BCUT2D eigenvalue weighted by Gasteiger charge is -2.26. The Morgan fingerprint density at radius 1 is 1.19 bits per heavy atom. The summed E-state index contributed by atoms with van der Waals surface area (Å²) in [6.07, 6.45) is 4.71. The second-order valence-electron chi connectivity index (χ2n) is 6.44. The van der Waals surface area contributed by atoms with Crippen molar-refractivity contribution >= 4 is 17.7 Å². The first-order chi connectivity index (χ1) is 12.7. The van der Waals surface area contributed by atoms with Gasteiger partial charge in [0.2, 0.25) is 5.91 Å². The summed E-state index contributed by atoms with van der Waals surface area (Å²) in [5, 5.41) is 7.40. The topological polar surface area (TPSA) is 46.9 Å². The first kappa shape index (κ1) is 16.9. The van der Waals surface area contributed by atoms with Gasteiger partial charge in [-0.05, 0) is 47.9 Å². The molecule has 132 valence electrons. The molecule has 1 aliphatic heterocycles. The highest BCUT2D eigenvalue weighted by molar-refractivity contribution is 8.00. The largest absolute Gasteiger partial charge is 0.348 e. The molecule has 0 aliphatic carbocycles. The van der Waals surface area contributed by atoms with Crippen LogP contribution in [0.15, 0.2) is 67.0 Å². The molecule has 2 heterocycles. The minimum absolute atomic E-state index is 0.0740. The molecule has 0 fully saturated rings. The number of thioether (sulfide) groups is 1. The van der Waals surface area contributed by atoms with Crippen LogP contribution in [0.2, 0.25) is 0 Å². The Labute approximate surface area is 157 Å². The van der Waals surface area contributed by atoms with E-state index in [9.17, 15) is 4.79 Å². The van der Waals surface area contributed by atoms with Gasteiger partial charge in [-0.3, -0.25) is 4.79 Å². The van der Waals surface area contributed by atoms with Crippen LogP contribution >= 0.6 is 11.8 Å². The van der Waals surface area contributed by atoms with E-state index in [1.807, 2.05) is 60.3 Å². The van der Waals surface area contributed by atoms with Crippen molar-refractivity contribution < 1.29 is 4.79 Å². The van der Waals surface area contributed by atoms with E-state index >= 15 is 0 Å². The van der Waals surface area contributed by atoms with Crippen molar-refractivity contribution in [2.24, 2.45) is 0 Å². The van der Waals surface area contributed by atoms with Crippen molar-refractivity contribution in [3.8, 4) is 5.69 Å². The molecule has 0 saturated heterocycles.